The minimum Gasteiger partial charge on any atom is -0.465 e. The second-order valence-corrected chi connectivity index (χ2v) is 7.57. The molecule has 0 radical (unpaired) electrons. The van der Waals surface area contributed by atoms with E-state index in [4.69, 9.17) is 4.74 Å². The zero-order valence-corrected chi connectivity index (χ0v) is 14.3. The molecule has 1 unspecified atom stereocenters. The molecular formula is C15H19N3O2S2. The van der Waals surface area contributed by atoms with Crippen molar-refractivity contribution in [3.05, 3.63) is 17.5 Å². The average molecular weight is 337 g/mol. The Morgan fingerprint density at radius 1 is 1.55 bits per heavy atom. The van der Waals surface area contributed by atoms with Crippen LogP contribution in [0.15, 0.2) is 22.7 Å². The summed E-state index contributed by atoms with van der Waals surface area (Å²) in [6.45, 7) is 4.32. The molecule has 0 spiro atoms. The molecule has 0 bridgehead atoms. The Morgan fingerprint density at radius 3 is 3.00 bits per heavy atom. The summed E-state index contributed by atoms with van der Waals surface area (Å²) in [5.41, 5.74) is 0. The van der Waals surface area contributed by atoms with Gasteiger partial charge >= 0.3 is 5.97 Å². The Labute approximate surface area is 138 Å². The summed E-state index contributed by atoms with van der Waals surface area (Å²) in [5.74, 6) is 0.726. The summed E-state index contributed by atoms with van der Waals surface area (Å²) in [6.07, 6.45) is 3.14. The maximum absolute atomic E-state index is 11.9. The summed E-state index contributed by atoms with van der Waals surface area (Å²) in [6, 6.07) is 4.54. The van der Waals surface area contributed by atoms with Gasteiger partial charge in [-0.15, -0.1) is 21.5 Å². The van der Waals surface area contributed by atoms with Crippen molar-refractivity contribution in [1.29, 1.82) is 0 Å². The van der Waals surface area contributed by atoms with Crippen LogP contribution in [-0.4, -0.2) is 32.6 Å². The van der Waals surface area contributed by atoms with E-state index in [2.05, 4.69) is 20.8 Å². The van der Waals surface area contributed by atoms with Crippen molar-refractivity contribution in [2.75, 3.05) is 6.61 Å². The number of carbonyl (C=O) groups excluding carboxylic acids is 1. The van der Waals surface area contributed by atoms with Gasteiger partial charge in [-0.25, -0.2) is 0 Å². The minimum atomic E-state index is -0.274. The van der Waals surface area contributed by atoms with E-state index in [0.717, 1.165) is 35.1 Å². The van der Waals surface area contributed by atoms with E-state index in [-0.39, 0.29) is 11.2 Å². The van der Waals surface area contributed by atoms with Gasteiger partial charge in [0.15, 0.2) is 11.0 Å². The van der Waals surface area contributed by atoms with E-state index in [1.54, 1.807) is 11.3 Å². The number of nitrogens with zero attached hydrogens (tertiary/aromatic N) is 3. The number of thiophene rings is 1. The number of thioether (sulfide) groups is 1. The zero-order chi connectivity index (χ0) is 15.5. The smallest absolute Gasteiger partial charge is 0.319 e. The van der Waals surface area contributed by atoms with Crippen LogP contribution in [0.1, 0.15) is 39.2 Å². The topological polar surface area (TPSA) is 57.0 Å². The molecular weight excluding hydrogens is 318 g/mol. The second-order valence-electron chi connectivity index (χ2n) is 5.31. The predicted molar refractivity (Wildman–Crippen MR) is 88.2 cm³/mol. The third-order valence-corrected chi connectivity index (χ3v) is 5.28. The first-order valence-corrected chi connectivity index (χ1v) is 9.28. The first-order chi connectivity index (χ1) is 10.7. The first kappa shape index (κ1) is 15.6. The van der Waals surface area contributed by atoms with Gasteiger partial charge in [0.2, 0.25) is 0 Å². The van der Waals surface area contributed by atoms with Gasteiger partial charge in [-0.2, -0.15) is 0 Å². The number of carbonyl (C=O) groups is 1. The van der Waals surface area contributed by atoms with Crippen LogP contribution in [-0.2, 0) is 9.53 Å². The summed E-state index contributed by atoms with van der Waals surface area (Å²) in [4.78, 5) is 13.1. The molecule has 1 atom stereocenters. The number of ether oxygens (including phenoxy) is 1. The van der Waals surface area contributed by atoms with Crippen LogP contribution in [0.4, 0.5) is 0 Å². The van der Waals surface area contributed by atoms with Crippen molar-refractivity contribution in [3.63, 3.8) is 0 Å². The van der Waals surface area contributed by atoms with Gasteiger partial charge in [-0.3, -0.25) is 9.36 Å². The molecule has 3 rings (SSSR count). The largest absolute Gasteiger partial charge is 0.465 e. The number of rotatable bonds is 7. The number of hydrogen-bond acceptors (Lipinski definition) is 6. The molecule has 1 fully saturated rings. The molecule has 7 heteroatoms. The molecule has 0 aliphatic heterocycles. The normalized spacial score (nSPS) is 15.7. The fourth-order valence-corrected chi connectivity index (χ4v) is 3.74. The van der Waals surface area contributed by atoms with Crippen molar-refractivity contribution in [2.45, 2.75) is 49.6 Å². The number of aromatic nitrogens is 3. The highest BCUT2D eigenvalue weighted by Gasteiger charge is 2.31. The molecule has 2 heterocycles. The van der Waals surface area contributed by atoms with E-state index in [1.165, 1.54) is 11.8 Å². The van der Waals surface area contributed by atoms with Crippen LogP contribution in [0, 0.1) is 0 Å². The molecule has 22 heavy (non-hydrogen) atoms. The SMILES string of the molecule is CCCOC(=O)C(C)Sc1nnc(-c2cccs2)n1C1CC1. The Hall–Kier alpha value is -1.34. The minimum absolute atomic E-state index is 0.185. The van der Waals surface area contributed by atoms with Crippen molar-refractivity contribution in [3.8, 4) is 10.7 Å². The number of esters is 1. The molecule has 0 saturated heterocycles. The Kier molecular flexibility index (Phi) is 4.83. The predicted octanol–water partition coefficient (Wildman–Crippen LogP) is 3.78. The van der Waals surface area contributed by atoms with Gasteiger partial charge in [0, 0.05) is 6.04 Å². The second kappa shape index (κ2) is 6.83. The standard InChI is InChI=1S/C15H19N3O2S2/c1-3-8-20-14(19)10(2)22-15-17-16-13(12-5-4-9-21-12)18(15)11-6-7-11/h4-5,9-11H,3,6-8H2,1-2H3. The highest BCUT2D eigenvalue weighted by molar-refractivity contribution is 8.00. The fraction of sp³-hybridized carbons (Fsp3) is 0.533. The van der Waals surface area contributed by atoms with E-state index < -0.39 is 0 Å². The van der Waals surface area contributed by atoms with E-state index >= 15 is 0 Å². The Morgan fingerprint density at radius 2 is 2.36 bits per heavy atom. The molecule has 2 aromatic heterocycles. The van der Waals surface area contributed by atoms with Crippen LogP contribution in [0.2, 0.25) is 0 Å². The molecule has 1 aliphatic carbocycles. The van der Waals surface area contributed by atoms with E-state index in [1.807, 2.05) is 25.3 Å². The first-order valence-electron chi connectivity index (χ1n) is 7.52. The lowest BCUT2D eigenvalue weighted by molar-refractivity contribution is -0.142. The molecule has 118 valence electrons. The molecule has 0 amide bonds. The summed E-state index contributed by atoms with van der Waals surface area (Å²) >= 11 is 3.10. The van der Waals surface area contributed by atoms with Gasteiger partial charge in [0.25, 0.3) is 0 Å². The highest BCUT2D eigenvalue weighted by atomic mass is 32.2. The fourth-order valence-electron chi connectivity index (χ4n) is 2.12. The third-order valence-electron chi connectivity index (χ3n) is 3.38. The quantitative estimate of drug-likeness (QED) is 0.568. The van der Waals surface area contributed by atoms with Gasteiger partial charge in [0.05, 0.1) is 11.5 Å². The van der Waals surface area contributed by atoms with Gasteiger partial charge in [-0.05, 0) is 37.6 Å². The molecule has 5 nitrogen and oxygen atoms in total. The zero-order valence-electron chi connectivity index (χ0n) is 12.7. The van der Waals surface area contributed by atoms with Crippen LogP contribution in [0.5, 0.6) is 0 Å². The molecule has 0 aromatic carbocycles. The summed E-state index contributed by atoms with van der Waals surface area (Å²) in [5, 5.41) is 11.2. The van der Waals surface area contributed by atoms with Gasteiger partial charge < -0.3 is 4.74 Å². The Balaban J connectivity index is 1.78. The van der Waals surface area contributed by atoms with Crippen molar-refractivity contribution < 1.29 is 9.53 Å². The molecule has 0 N–H and O–H groups in total. The molecule has 2 aromatic rings. The Bertz CT molecular complexity index is 635. The maximum atomic E-state index is 11.9. The van der Waals surface area contributed by atoms with Gasteiger partial charge in [0.1, 0.15) is 5.25 Å². The van der Waals surface area contributed by atoms with Gasteiger partial charge in [-0.1, -0.05) is 24.8 Å². The molecule has 1 saturated carbocycles. The van der Waals surface area contributed by atoms with Crippen LogP contribution < -0.4 is 0 Å². The average Bonchev–Trinajstić information content (AvgIpc) is 3.04. The van der Waals surface area contributed by atoms with Crippen molar-refractivity contribution >= 4 is 29.1 Å². The molecule has 1 aliphatic rings. The van der Waals surface area contributed by atoms with Crippen LogP contribution >= 0.6 is 23.1 Å². The van der Waals surface area contributed by atoms with E-state index in [9.17, 15) is 4.79 Å². The van der Waals surface area contributed by atoms with Crippen LogP contribution in [0.3, 0.4) is 0 Å². The van der Waals surface area contributed by atoms with E-state index in [0.29, 0.717) is 12.6 Å². The maximum Gasteiger partial charge on any atom is 0.319 e. The van der Waals surface area contributed by atoms with Crippen molar-refractivity contribution in [1.82, 2.24) is 14.8 Å². The third kappa shape index (κ3) is 3.35. The lowest BCUT2D eigenvalue weighted by atomic mass is 10.4. The van der Waals surface area contributed by atoms with Crippen LogP contribution in [0.25, 0.3) is 10.7 Å². The monoisotopic (exact) mass is 337 g/mol. The lowest BCUT2D eigenvalue weighted by Gasteiger charge is -2.12. The lowest BCUT2D eigenvalue weighted by Crippen LogP contribution is -2.18. The number of hydrogen-bond donors (Lipinski definition) is 0. The van der Waals surface area contributed by atoms with Crippen molar-refractivity contribution in [2.24, 2.45) is 0 Å². The summed E-state index contributed by atoms with van der Waals surface area (Å²) in [7, 11) is 0. The summed E-state index contributed by atoms with van der Waals surface area (Å²) < 4.78 is 7.39. The highest BCUT2D eigenvalue weighted by Crippen LogP contribution is 2.42.